The van der Waals surface area contributed by atoms with Gasteiger partial charge < -0.3 is 10.6 Å². The Morgan fingerprint density at radius 3 is 2.38 bits per heavy atom. The van der Waals surface area contributed by atoms with Crippen molar-refractivity contribution in [3.8, 4) is 0 Å². The first-order valence-corrected chi connectivity index (χ1v) is 8.32. The van der Waals surface area contributed by atoms with Crippen LogP contribution < -0.4 is 5.73 Å². The summed E-state index contributed by atoms with van der Waals surface area (Å²) in [5.74, 6) is 0.0469. The molecule has 1 aliphatic carbocycles. The molecule has 21 heavy (non-hydrogen) atoms. The molecular formula is C17H23ClN2O. The number of piperidine rings is 1. The third-order valence-corrected chi connectivity index (χ3v) is 5.56. The van der Waals surface area contributed by atoms with Gasteiger partial charge in [-0.2, -0.15) is 0 Å². The number of nitrogens with two attached hydrogens (primary N) is 1. The number of rotatable bonds is 1. The Morgan fingerprint density at radius 1 is 1.10 bits per heavy atom. The molecule has 0 radical (unpaired) electrons. The van der Waals surface area contributed by atoms with Crippen molar-refractivity contribution >= 4 is 23.2 Å². The van der Waals surface area contributed by atoms with Gasteiger partial charge in [-0.05, 0) is 49.3 Å². The molecule has 1 aromatic carbocycles. The number of anilines is 1. The fourth-order valence-corrected chi connectivity index (χ4v) is 4.13. The number of carbonyl (C=O) groups excluding carboxylic acids is 1. The molecule has 1 aromatic rings. The Labute approximate surface area is 131 Å². The van der Waals surface area contributed by atoms with Gasteiger partial charge in [0.15, 0.2) is 0 Å². The van der Waals surface area contributed by atoms with E-state index in [-0.39, 0.29) is 5.91 Å². The Bertz CT molecular complexity index is 528. The molecule has 2 fully saturated rings. The molecule has 1 saturated carbocycles. The summed E-state index contributed by atoms with van der Waals surface area (Å²) < 4.78 is 0. The predicted molar refractivity (Wildman–Crippen MR) is 86.5 cm³/mol. The van der Waals surface area contributed by atoms with Gasteiger partial charge in [0.25, 0.3) is 5.91 Å². The molecule has 1 spiro atoms. The predicted octanol–water partition coefficient (Wildman–Crippen LogP) is 4.11. The molecule has 0 atom stereocenters. The highest BCUT2D eigenvalue weighted by Gasteiger charge is 2.36. The summed E-state index contributed by atoms with van der Waals surface area (Å²) in [6.07, 6.45) is 9.08. The number of amides is 1. The molecule has 0 unspecified atom stereocenters. The van der Waals surface area contributed by atoms with E-state index in [1.807, 2.05) is 4.90 Å². The van der Waals surface area contributed by atoms with E-state index in [9.17, 15) is 4.79 Å². The third kappa shape index (κ3) is 3.03. The van der Waals surface area contributed by atoms with Crippen molar-refractivity contribution in [3.63, 3.8) is 0 Å². The second-order valence-corrected chi connectivity index (χ2v) is 7.00. The van der Waals surface area contributed by atoms with Crippen molar-refractivity contribution in [1.29, 1.82) is 0 Å². The van der Waals surface area contributed by atoms with Gasteiger partial charge in [0.1, 0.15) is 0 Å². The van der Waals surface area contributed by atoms with Crippen LogP contribution in [0.5, 0.6) is 0 Å². The standard InChI is InChI=1S/C17H23ClN2O/c18-15-12-13(19)4-5-14(15)16(21)20-10-8-17(9-11-20)6-2-1-3-7-17/h4-5,12H,1-3,6-11,19H2. The summed E-state index contributed by atoms with van der Waals surface area (Å²) in [7, 11) is 0. The van der Waals surface area contributed by atoms with E-state index in [2.05, 4.69) is 0 Å². The minimum atomic E-state index is 0.0469. The highest BCUT2D eigenvalue weighted by molar-refractivity contribution is 6.34. The van der Waals surface area contributed by atoms with Crippen molar-refractivity contribution < 1.29 is 4.79 Å². The fraction of sp³-hybridized carbons (Fsp3) is 0.588. The lowest BCUT2D eigenvalue weighted by molar-refractivity contribution is 0.0472. The van der Waals surface area contributed by atoms with Crippen molar-refractivity contribution in [2.75, 3.05) is 18.8 Å². The van der Waals surface area contributed by atoms with Gasteiger partial charge in [-0.1, -0.05) is 30.9 Å². The van der Waals surface area contributed by atoms with E-state index in [0.717, 1.165) is 25.9 Å². The molecule has 2 aliphatic rings. The zero-order valence-electron chi connectivity index (χ0n) is 12.4. The lowest BCUT2D eigenvalue weighted by Crippen LogP contribution is -2.44. The number of likely N-dealkylation sites (tertiary alicyclic amines) is 1. The number of nitrogen functional groups attached to an aromatic ring is 1. The maximum atomic E-state index is 12.6. The number of hydrogen-bond acceptors (Lipinski definition) is 2. The summed E-state index contributed by atoms with van der Waals surface area (Å²) in [4.78, 5) is 14.6. The van der Waals surface area contributed by atoms with Crippen LogP contribution in [0.25, 0.3) is 0 Å². The van der Waals surface area contributed by atoms with Crippen LogP contribution in [0.1, 0.15) is 55.3 Å². The van der Waals surface area contributed by atoms with E-state index < -0.39 is 0 Å². The van der Waals surface area contributed by atoms with E-state index >= 15 is 0 Å². The SMILES string of the molecule is Nc1ccc(C(=O)N2CCC3(CCCCC3)CC2)c(Cl)c1. The summed E-state index contributed by atoms with van der Waals surface area (Å²) >= 11 is 6.16. The number of halogens is 1. The van der Waals surface area contributed by atoms with E-state index in [1.165, 1.54) is 32.1 Å². The summed E-state index contributed by atoms with van der Waals surface area (Å²) in [5.41, 5.74) is 7.37. The summed E-state index contributed by atoms with van der Waals surface area (Å²) in [5, 5.41) is 0.456. The molecule has 1 amide bonds. The maximum absolute atomic E-state index is 12.6. The molecule has 0 bridgehead atoms. The summed E-state index contributed by atoms with van der Waals surface area (Å²) in [6.45, 7) is 1.72. The van der Waals surface area contributed by atoms with Crippen LogP contribution in [0, 0.1) is 5.41 Å². The molecule has 3 nitrogen and oxygen atoms in total. The first-order chi connectivity index (χ1) is 10.1. The topological polar surface area (TPSA) is 46.3 Å². The highest BCUT2D eigenvalue weighted by atomic mass is 35.5. The Morgan fingerprint density at radius 2 is 1.76 bits per heavy atom. The molecule has 3 rings (SSSR count). The van der Waals surface area contributed by atoms with Crippen LogP contribution in [0.3, 0.4) is 0 Å². The van der Waals surface area contributed by atoms with Crippen molar-refractivity contribution in [2.45, 2.75) is 44.9 Å². The highest BCUT2D eigenvalue weighted by Crippen LogP contribution is 2.44. The van der Waals surface area contributed by atoms with Crippen molar-refractivity contribution in [2.24, 2.45) is 5.41 Å². The molecule has 0 aromatic heterocycles. The first-order valence-electron chi connectivity index (χ1n) is 7.94. The van der Waals surface area contributed by atoms with Gasteiger partial charge in [-0.25, -0.2) is 0 Å². The smallest absolute Gasteiger partial charge is 0.255 e. The van der Waals surface area contributed by atoms with E-state index in [4.69, 9.17) is 17.3 Å². The number of hydrogen-bond donors (Lipinski definition) is 1. The monoisotopic (exact) mass is 306 g/mol. The quantitative estimate of drug-likeness (QED) is 0.794. The van der Waals surface area contributed by atoms with E-state index in [0.29, 0.717) is 21.7 Å². The minimum Gasteiger partial charge on any atom is -0.399 e. The Kier molecular flexibility index (Phi) is 4.12. The van der Waals surface area contributed by atoms with Gasteiger partial charge in [-0.3, -0.25) is 4.79 Å². The summed E-state index contributed by atoms with van der Waals surface area (Å²) in [6, 6.07) is 5.14. The molecular weight excluding hydrogens is 284 g/mol. The lowest BCUT2D eigenvalue weighted by atomic mass is 9.68. The van der Waals surface area contributed by atoms with E-state index in [1.54, 1.807) is 18.2 Å². The van der Waals surface area contributed by atoms with Gasteiger partial charge in [-0.15, -0.1) is 0 Å². The van der Waals surface area contributed by atoms with Gasteiger partial charge >= 0.3 is 0 Å². The van der Waals surface area contributed by atoms with Gasteiger partial charge in [0, 0.05) is 18.8 Å². The van der Waals surface area contributed by atoms with Crippen LogP contribution in [0.15, 0.2) is 18.2 Å². The normalized spacial score (nSPS) is 21.5. The second-order valence-electron chi connectivity index (χ2n) is 6.59. The largest absolute Gasteiger partial charge is 0.399 e. The third-order valence-electron chi connectivity index (χ3n) is 5.25. The number of carbonyl (C=O) groups is 1. The van der Waals surface area contributed by atoms with Crippen LogP contribution in [0.2, 0.25) is 5.02 Å². The fourth-order valence-electron chi connectivity index (χ4n) is 3.86. The molecule has 1 aliphatic heterocycles. The molecule has 1 saturated heterocycles. The number of benzene rings is 1. The molecule has 114 valence electrons. The van der Waals surface area contributed by atoms with Gasteiger partial charge in [0.05, 0.1) is 10.6 Å². The average molecular weight is 307 g/mol. The lowest BCUT2D eigenvalue weighted by Gasteiger charge is -2.44. The molecule has 2 N–H and O–H groups in total. The molecule has 1 heterocycles. The minimum absolute atomic E-state index is 0.0469. The first kappa shape index (κ1) is 14.7. The maximum Gasteiger partial charge on any atom is 0.255 e. The average Bonchev–Trinajstić information content (AvgIpc) is 2.48. The zero-order valence-corrected chi connectivity index (χ0v) is 13.2. The van der Waals surface area contributed by atoms with Crippen LogP contribution >= 0.6 is 11.6 Å². The van der Waals surface area contributed by atoms with Crippen LogP contribution in [-0.2, 0) is 0 Å². The second kappa shape index (κ2) is 5.88. The van der Waals surface area contributed by atoms with Crippen LogP contribution in [-0.4, -0.2) is 23.9 Å². The Hall–Kier alpha value is -1.22. The van der Waals surface area contributed by atoms with Crippen LogP contribution in [0.4, 0.5) is 5.69 Å². The zero-order chi connectivity index (χ0) is 14.9. The van der Waals surface area contributed by atoms with Crippen molar-refractivity contribution in [1.82, 2.24) is 4.90 Å². The molecule has 4 heteroatoms. The van der Waals surface area contributed by atoms with Crippen molar-refractivity contribution in [3.05, 3.63) is 28.8 Å². The van der Waals surface area contributed by atoms with Gasteiger partial charge in [0.2, 0.25) is 0 Å². The number of nitrogens with zero attached hydrogens (tertiary/aromatic N) is 1. The Balaban J connectivity index is 1.67.